The molecule has 4 rings (SSSR count). The largest absolute Gasteiger partial charge is 0.281 e. The summed E-state index contributed by atoms with van der Waals surface area (Å²) in [5.41, 5.74) is 2.06. The first-order valence-electron chi connectivity index (χ1n) is 6.69. The number of aromatic nitrogens is 2. The number of anilines is 1. The number of hydrogen-bond acceptors (Lipinski definition) is 3. The highest BCUT2D eigenvalue weighted by Crippen LogP contribution is 2.36. The molecule has 108 valence electrons. The van der Waals surface area contributed by atoms with Crippen LogP contribution in [0.3, 0.4) is 0 Å². The van der Waals surface area contributed by atoms with E-state index in [2.05, 4.69) is 10.2 Å². The lowest BCUT2D eigenvalue weighted by atomic mass is 9.94. The zero-order valence-corrected chi connectivity index (χ0v) is 12.3. The fraction of sp³-hybridized carbons (Fsp3) is 0.0625. The number of H-pyrrole nitrogens is 1. The minimum atomic E-state index is -0.366. The smallest absolute Gasteiger partial charge is 0.266 e. The molecule has 0 radical (unpaired) electrons. The van der Waals surface area contributed by atoms with Crippen LogP contribution in [0.1, 0.15) is 26.4 Å². The molecule has 0 spiro atoms. The van der Waals surface area contributed by atoms with Gasteiger partial charge in [-0.15, -0.1) is 0 Å². The van der Waals surface area contributed by atoms with Gasteiger partial charge in [-0.05, 0) is 25.1 Å². The predicted molar refractivity (Wildman–Crippen MR) is 83.4 cm³/mol. The maximum absolute atomic E-state index is 12.8. The van der Waals surface area contributed by atoms with Crippen LogP contribution >= 0.6 is 11.6 Å². The fourth-order valence-electron chi connectivity index (χ4n) is 2.85. The molecule has 1 N–H and O–H groups in total. The molecule has 0 aliphatic carbocycles. The minimum Gasteiger partial charge on any atom is -0.281 e. The summed E-state index contributed by atoms with van der Waals surface area (Å²) < 4.78 is 0. The van der Waals surface area contributed by atoms with Crippen molar-refractivity contribution in [2.45, 2.75) is 6.92 Å². The Balaban J connectivity index is 2.05. The zero-order chi connectivity index (χ0) is 15.4. The number of nitrogens with one attached hydrogen (secondary N) is 1. The van der Waals surface area contributed by atoms with E-state index >= 15 is 0 Å². The molecule has 2 heterocycles. The van der Waals surface area contributed by atoms with Crippen LogP contribution in [-0.2, 0) is 0 Å². The van der Waals surface area contributed by atoms with Crippen LogP contribution in [0.15, 0.2) is 36.5 Å². The first kappa shape index (κ1) is 13.0. The zero-order valence-electron chi connectivity index (χ0n) is 11.6. The van der Waals surface area contributed by atoms with Crippen molar-refractivity contribution in [3.8, 4) is 0 Å². The van der Waals surface area contributed by atoms with E-state index in [1.165, 1.54) is 6.20 Å². The van der Waals surface area contributed by atoms with E-state index in [0.29, 0.717) is 38.3 Å². The second kappa shape index (κ2) is 4.42. The summed E-state index contributed by atoms with van der Waals surface area (Å²) in [6.45, 7) is 1.76. The molecule has 0 unspecified atom stereocenters. The van der Waals surface area contributed by atoms with Gasteiger partial charge in [-0.1, -0.05) is 23.7 Å². The highest BCUT2D eigenvalue weighted by atomic mass is 35.5. The van der Waals surface area contributed by atoms with Gasteiger partial charge >= 0.3 is 0 Å². The Morgan fingerprint density at radius 2 is 1.82 bits per heavy atom. The Morgan fingerprint density at radius 3 is 2.50 bits per heavy atom. The molecule has 2 aromatic carbocycles. The SMILES string of the molecule is Cc1[nH]ncc1N1C(=O)c2cccc3c(Cl)ccc(c23)C1=O. The van der Waals surface area contributed by atoms with Gasteiger partial charge in [0.2, 0.25) is 0 Å². The number of halogens is 1. The molecular weight excluding hydrogens is 302 g/mol. The average molecular weight is 312 g/mol. The maximum atomic E-state index is 12.8. The van der Waals surface area contributed by atoms with Crippen molar-refractivity contribution in [3.63, 3.8) is 0 Å². The lowest BCUT2D eigenvalue weighted by Crippen LogP contribution is -2.40. The molecule has 0 saturated heterocycles. The molecule has 6 heteroatoms. The summed E-state index contributed by atoms with van der Waals surface area (Å²) in [6.07, 6.45) is 1.48. The third-order valence-corrected chi connectivity index (χ3v) is 4.23. The summed E-state index contributed by atoms with van der Waals surface area (Å²) in [4.78, 5) is 26.7. The quantitative estimate of drug-likeness (QED) is 0.701. The number of hydrogen-bond donors (Lipinski definition) is 1. The van der Waals surface area contributed by atoms with E-state index in [0.717, 1.165) is 4.90 Å². The standard InChI is InChI=1S/C16H10ClN3O2/c1-8-13(7-18-19-8)20-15(21)10-4-2-3-9-12(17)6-5-11(14(9)10)16(20)22/h2-7H,1H3,(H,18,19). The lowest BCUT2D eigenvalue weighted by molar-refractivity contribution is 0.0893. The molecule has 1 aliphatic rings. The van der Waals surface area contributed by atoms with Crippen LogP contribution in [0.25, 0.3) is 10.8 Å². The van der Waals surface area contributed by atoms with E-state index in [4.69, 9.17) is 11.6 Å². The third-order valence-electron chi connectivity index (χ3n) is 3.90. The van der Waals surface area contributed by atoms with Crippen molar-refractivity contribution >= 4 is 39.9 Å². The maximum Gasteiger partial charge on any atom is 0.266 e. The van der Waals surface area contributed by atoms with Crippen molar-refractivity contribution in [1.29, 1.82) is 0 Å². The van der Waals surface area contributed by atoms with E-state index in [9.17, 15) is 9.59 Å². The van der Waals surface area contributed by atoms with Crippen molar-refractivity contribution in [1.82, 2.24) is 10.2 Å². The van der Waals surface area contributed by atoms with Gasteiger partial charge in [-0.25, -0.2) is 4.90 Å². The highest BCUT2D eigenvalue weighted by Gasteiger charge is 2.35. The highest BCUT2D eigenvalue weighted by molar-refractivity contribution is 6.40. The van der Waals surface area contributed by atoms with E-state index in [-0.39, 0.29) is 11.8 Å². The molecule has 0 atom stereocenters. The summed E-state index contributed by atoms with van der Waals surface area (Å²) in [7, 11) is 0. The fourth-order valence-corrected chi connectivity index (χ4v) is 3.07. The van der Waals surface area contributed by atoms with Crippen molar-refractivity contribution in [3.05, 3.63) is 58.4 Å². The number of benzene rings is 2. The number of nitrogens with zero attached hydrogens (tertiary/aromatic N) is 2. The topological polar surface area (TPSA) is 66.1 Å². The Kier molecular flexibility index (Phi) is 2.62. The third kappa shape index (κ3) is 1.57. The first-order valence-corrected chi connectivity index (χ1v) is 7.07. The molecule has 22 heavy (non-hydrogen) atoms. The lowest BCUT2D eigenvalue weighted by Gasteiger charge is -2.26. The van der Waals surface area contributed by atoms with E-state index < -0.39 is 0 Å². The first-order chi connectivity index (χ1) is 10.6. The molecule has 1 aliphatic heterocycles. The van der Waals surface area contributed by atoms with Crippen LogP contribution in [0.2, 0.25) is 5.02 Å². The van der Waals surface area contributed by atoms with Crippen LogP contribution < -0.4 is 4.90 Å². The molecule has 0 bridgehead atoms. The average Bonchev–Trinajstić information content (AvgIpc) is 2.92. The van der Waals surface area contributed by atoms with Gasteiger partial charge in [-0.2, -0.15) is 5.10 Å². The summed E-state index contributed by atoms with van der Waals surface area (Å²) in [6, 6.07) is 8.62. The molecule has 2 amide bonds. The van der Waals surface area contributed by atoms with Crippen LogP contribution in [-0.4, -0.2) is 22.0 Å². The predicted octanol–water partition coefficient (Wildman–Crippen LogP) is 3.33. The van der Waals surface area contributed by atoms with Gasteiger partial charge in [-0.3, -0.25) is 14.7 Å². The van der Waals surface area contributed by atoms with Gasteiger partial charge in [0.05, 0.1) is 17.6 Å². The van der Waals surface area contributed by atoms with Crippen molar-refractivity contribution in [2.24, 2.45) is 0 Å². The van der Waals surface area contributed by atoms with Crippen molar-refractivity contribution < 1.29 is 9.59 Å². The molecular formula is C16H10ClN3O2. The number of imide groups is 1. The van der Waals surface area contributed by atoms with Gasteiger partial charge < -0.3 is 0 Å². The molecule has 1 aromatic heterocycles. The summed E-state index contributed by atoms with van der Waals surface area (Å²) >= 11 is 6.19. The number of carbonyl (C=O) groups excluding carboxylic acids is 2. The van der Waals surface area contributed by atoms with E-state index in [1.807, 2.05) is 6.07 Å². The van der Waals surface area contributed by atoms with Crippen LogP contribution in [0, 0.1) is 6.92 Å². The van der Waals surface area contributed by atoms with E-state index in [1.54, 1.807) is 31.2 Å². The Hall–Kier alpha value is -2.66. The number of aryl methyl sites for hydroxylation is 1. The summed E-state index contributed by atoms with van der Waals surface area (Å²) in [5, 5.41) is 8.49. The molecule has 3 aromatic rings. The van der Waals surface area contributed by atoms with Crippen LogP contribution in [0.4, 0.5) is 5.69 Å². The molecule has 5 nitrogen and oxygen atoms in total. The normalized spacial score (nSPS) is 14.0. The minimum absolute atomic E-state index is 0.366. The number of carbonyl (C=O) groups is 2. The monoisotopic (exact) mass is 311 g/mol. The Labute approximate surface area is 130 Å². The molecule has 0 fully saturated rings. The van der Waals surface area contributed by atoms with Gasteiger partial charge in [0.15, 0.2) is 0 Å². The number of aromatic amines is 1. The second-order valence-electron chi connectivity index (χ2n) is 5.15. The number of amides is 2. The number of rotatable bonds is 1. The van der Waals surface area contributed by atoms with Gasteiger partial charge in [0.1, 0.15) is 0 Å². The van der Waals surface area contributed by atoms with Crippen LogP contribution in [0.5, 0.6) is 0 Å². The van der Waals surface area contributed by atoms with Gasteiger partial charge in [0.25, 0.3) is 11.8 Å². The second-order valence-corrected chi connectivity index (χ2v) is 5.56. The van der Waals surface area contributed by atoms with Gasteiger partial charge in [0, 0.05) is 26.9 Å². The summed E-state index contributed by atoms with van der Waals surface area (Å²) in [5.74, 6) is -0.732. The van der Waals surface area contributed by atoms with Crippen molar-refractivity contribution in [2.75, 3.05) is 4.90 Å². The molecule has 0 saturated carbocycles. The Bertz CT molecular complexity index is 939. The Morgan fingerprint density at radius 1 is 1.09 bits per heavy atom.